The highest BCUT2D eigenvalue weighted by Gasteiger charge is 2.33. The molecule has 0 aromatic rings. The van der Waals surface area contributed by atoms with Gasteiger partial charge in [0.15, 0.2) is 5.11 Å². The van der Waals surface area contributed by atoms with Crippen molar-refractivity contribution in [3.8, 4) is 0 Å². The van der Waals surface area contributed by atoms with Crippen molar-refractivity contribution in [2.45, 2.75) is 46.0 Å². The molecule has 2 aliphatic rings. The zero-order valence-corrected chi connectivity index (χ0v) is 12.1. The van der Waals surface area contributed by atoms with E-state index in [9.17, 15) is 0 Å². The van der Waals surface area contributed by atoms with E-state index >= 15 is 0 Å². The molecule has 0 radical (unpaired) electrons. The number of hydrogen-bond acceptors (Lipinski definition) is 2. The summed E-state index contributed by atoms with van der Waals surface area (Å²) in [6, 6.07) is 0. The minimum atomic E-state index is 0.243. The summed E-state index contributed by atoms with van der Waals surface area (Å²) in [6.45, 7) is 4.64. The zero-order chi connectivity index (χ0) is 13.1. The van der Waals surface area contributed by atoms with E-state index in [1.807, 2.05) is 0 Å². The molecule has 3 nitrogen and oxygen atoms in total. The summed E-state index contributed by atoms with van der Waals surface area (Å²) in [4.78, 5) is 0. The molecule has 0 amide bonds. The normalized spacial score (nSPS) is 29.9. The maximum atomic E-state index is 5.43. The molecule has 0 heterocycles. The van der Waals surface area contributed by atoms with Crippen LogP contribution in [-0.4, -0.2) is 10.8 Å². The number of nitrogens with one attached hydrogen (secondary N) is 1. The monoisotopic (exact) mass is 265 g/mol. The third kappa shape index (κ3) is 3.10. The van der Waals surface area contributed by atoms with Crippen molar-refractivity contribution in [2.24, 2.45) is 28.6 Å². The van der Waals surface area contributed by atoms with Crippen LogP contribution in [0.15, 0.2) is 16.8 Å². The summed E-state index contributed by atoms with van der Waals surface area (Å²) in [5.74, 6) is 2.20. The summed E-state index contributed by atoms with van der Waals surface area (Å²) in [5, 5.41) is 4.57. The third-order valence-corrected chi connectivity index (χ3v) is 4.28. The van der Waals surface area contributed by atoms with Gasteiger partial charge in [0, 0.05) is 0 Å². The topological polar surface area (TPSA) is 50.4 Å². The molecule has 0 bridgehead atoms. The van der Waals surface area contributed by atoms with Crippen molar-refractivity contribution in [1.29, 1.82) is 0 Å². The van der Waals surface area contributed by atoms with E-state index in [-0.39, 0.29) is 5.11 Å². The molecule has 2 aliphatic carbocycles. The highest BCUT2D eigenvalue weighted by atomic mass is 32.1. The Kier molecular flexibility index (Phi) is 4.38. The molecule has 1 fully saturated rings. The quantitative estimate of drug-likeness (QED) is 0.596. The van der Waals surface area contributed by atoms with Gasteiger partial charge in [-0.2, -0.15) is 5.10 Å². The lowest BCUT2D eigenvalue weighted by atomic mass is 9.67. The van der Waals surface area contributed by atoms with Gasteiger partial charge in [0.1, 0.15) is 0 Å². The Morgan fingerprint density at radius 2 is 2.28 bits per heavy atom. The van der Waals surface area contributed by atoms with Gasteiger partial charge in [-0.1, -0.05) is 25.8 Å². The lowest BCUT2D eigenvalue weighted by molar-refractivity contribution is 0.249. The minimum absolute atomic E-state index is 0.243. The van der Waals surface area contributed by atoms with Crippen LogP contribution in [0.25, 0.3) is 0 Å². The van der Waals surface area contributed by atoms with Gasteiger partial charge in [0.05, 0.1) is 5.71 Å². The number of rotatable bonds is 2. The highest BCUT2D eigenvalue weighted by Crippen LogP contribution is 2.42. The summed E-state index contributed by atoms with van der Waals surface area (Å²) < 4.78 is 0. The smallest absolute Gasteiger partial charge is 0.184 e. The molecule has 0 spiro atoms. The first kappa shape index (κ1) is 13.5. The van der Waals surface area contributed by atoms with E-state index in [0.29, 0.717) is 5.92 Å². The fraction of sp³-hybridized carbons (Fsp3) is 0.714. The fourth-order valence-electron chi connectivity index (χ4n) is 3.29. The molecule has 3 N–H and O–H groups in total. The molecule has 18 heavy (non-hydrogen) atoms. The average Bonchev–Trinajstić information content (AvgIpc) is 2.35. The minimum Gasteiger partial charge on any atom is -0.375 e. The molecule has 0 saturated heterocycles. The van der Waals surface area contributed by atoms with Crippen LogP contribution in [0.3, 0.4) is 0 Å². The fourth-order valence-corrected chi connectivity index (χ4v) is 3.34. The number of thiocarbonyl (C=S) groups is 1. The first-order valence-corrected chi connectivity index (χ1v) is 7.31. The largest absolute Gasteiger partial charge is 0.375 e. The van der Waals surface area contributed by atoms with E-state index in [1.165, 1.54) is 25.7 Å². The van der Waals surface area contributed by atoms with Crippen molar-refractivity contribution in [2.75, 3.05) is 0 Å². The summed E-state index contributed by atoms with van der Waals surface area (Å²) >= 11 is 4.80. The molecule has 100 valence electrons. The molecule has 1 saturated carbocycles. The van der Waals surface area contributed by atoms with Crippen molar-refractivity contribution < 1.29 is 0 Å². The van der Waals surface area contributed by atoms with Crippen molar-refractivity contribution in [1.82, 2.24) is 5.43 Å². The Bertz CT molecular complexity index is 385. The lowest BCUT2D eigenvalue weighted by Crippen LogP contribution is -2.32. The number of nitrogens with zero attached hydrogens (tertiary/aromatic N) is 1. The van der Waals surface area contributed by atoms with Crippen molar-refractivity contribution in [3.05, 3.63) is 11.6 Å². The number of fused-ring (bicyclic) bond motifs is 1. The number of allylic oxidation sites excluding steroid dienone is 2. The van der Waals surface area contributed by atoms with Crippen LogP contribution in [0.2, 0.25) is 0 Å². The average molecular weight is 265 g/mol. The first-order valence-electron chi connectivity index (χ1n) is 6.90. The maximum absolute atomic E-state index is 5.43. The molecule has 0 unspecified atom stereocenters. The molecule has 0 aromatic heterocycles. The predicted molar refractivity (Wildman–Crippen MR) is 80.3 cm³/mol. The van der Waals surface area contributed by atoms with Gasteiger partial charge in [-0.15, -0.1) is 0 Å². The Balaban J connectivity index is 2.20. The highest BCUT2D eigenvalue weighted by molar-refractivity contribution is 7.80. The van der Waals surface area contributed by atoms with Gasteiger partial charge in [-0.25, -0.2) is 0 Å². The Morgan fingerprint density at radius 3 is 2.94 bits per heavy atom. The van der Waals surface area contributed by atoms with Crippen LogP contribution >= 0.6 is 12.2 Å². The van der Waals surface area contributed by atoms with Crippen molar-refractivity contribution in [3.63, 3.8) is 0 Å². The van der Waals surface area contributed by atoms with E-state index in [1.54, 1.807) is 5.57 Å². The molecule has 2 atom stereocenters. The van der Waals surface area contributed by atoms with Crippen LogP contribution in [0.5, 0.6) is 0 Å². The standard InChI is InChI=1S/C14H23N3S/c1-9(2)13-8-11(16-17-14(15)18)7-10-5-3-4-6-12(10)13/h7,9,12-13H,3-6,8H2,1-2H3,(H3,15,17,18)/b16-11+/t12-,13-/m0/s1. The number of hydrazone groups is 1. The molecular weight excluding hydrogens is 242 g/mol. The van der Waals surface area contributed by atoms with E-state index in [0.717, 1.165) is 24.0 Å². The second kappa shape index (κ2) is 5.83. The maximum Gasteiger partial charge on any atom is 0.184 e. The SMILES string of the molecule is CC(C)[C@@H]1C/C(=N/NC(N)=S)C=C2CCCC[C@@H]21. The summed E-state index contributed by atoms with van der Waals surface area (Å²) in [5.41, 5.74) is 10.8. The zero-order valence-electron chi connectivity index (χ0n) is 11.3. The van der Waals surface area contributed by atoms with E-state index in [2.05, 4.69) is 30.5 Å². The van der Waals surface area contributed by atoms with E-state index in [4.69, 9.17) is 18.0 Å². The summed E-state index contributed by atoms with van der Waals surface area (Å²) in [6.07, 6.45) is 8.60. The van der Waals surface area contributed by atoms with Gasteiger partial charge in [-0.3, -0.25) is 5.43 Å². The Morgan fingerprint density at radius 1 is 1.50 bits per heavy atom. The van der Waals surface area contributed by atoms with Crippen LogP contribution in [0.4, 0.5) is 0 Å². The van der Waals surface area contributed by atoms with Crippen LogP contribution in [-0.2, 0) is 0 Å². The second-order valence-corrected chi connectivity index (χ2v) is 6.20. The van der Waals surface area contributed by atoms with Crippen LogP contribution in [0.1, 0.15) is 46.0 Å². The second-order valence-electron chi connectivity index (χ2n) is 5.76. The van der Waals surface area contributed by atoms with Gasteiger partial charge in [-0.05, 0) is 61.7 Å². The van der Waals surface area contributed by atoms with Gasteiger partial charge in [0.2, 0.25) is 0 Å². The number of nitrogens with two attached hydrogens (primary N) is 1. The van der Waals surface area contributed by atoms with Gasteiger partial charge >= 0.3 is 0 Å². The summed E-state index contributed by atoms with van der Waals surface area (Å²) in [7, 11) is 0. The molecule has 4 heteroatoms. The Hall–Kier alpha value is -0.900. The molecule has 2 rings (SSSR count). The molecule has 0 aliphatic heterocycles. The molecular formula is C14H23N3S. The lowest BCUT2D eigenvalue weighted by Gasteiger charge is -2.38. The van der Waals surface area contributed by atoms with Crippen LogP contribution < -0.4 is 11.2 Å². The van der Waals surface area contributed by atoms with Gasteiger partial charge < -0.3 is 5.73 Å². The Labute approximate surface area is 115 Å². The molecule has 0 aromatic carbocycles. The predicted octanol–water partition coefficient (Wildman–Crippen LogP) is 2.97. The first-order chi connectivity index (χ1) is 8.58. The van der Waals surface area contributed by atoms with E-state index < -0.39 is 0 Å². The van der Waals surface area contributed by atoms with Crippen molar-refractivity contribution >= 4 is 23.0 Å². The van der Waals surface area contributed by atoms with Crippen LogP contribution in [0, 0.1) is 17.8 Å². The number of hydrogen-bond donors (Lipinski definition) is 2. The third-order valence-electron chi connectivity index (χ3n) is 4.19. The van der Waals surface area contributed by atoms with Gasteiger partial charge in [0.25, 0.3) is 0 Å².